The molecule has 2 aromatic carbocycles. The average Bonchev–Trinajstić information content (AvgIpc) is 2.38. The number of thioether (sulfide) groups is 1. The summed E-state index contributed by atoms with van der Waals surface area (Å²) < 4.78 is 1.07. The predicted molar refractivity (Wildman–Crippen MR) is 77.1 cm³/mol. The van der Waals surface area contributed by atoms with E-state index in [9.17, 15) is 4.79 Å². The molecule has 0 aromatic heterocycles. The van der Waals surface area contributed by atoms with Crippen LogP contribution in [0.4, 0.5) is 0 Å². The van der Waals surface area contributed by atoms with Crippen molar-refractivity contribution in [1.29, 1.82) is 0 Å². The molecule has 0 aliphatic heterocycles. The van der Waals surface area contributed by atoms with Crippen molar-refractivity contribution < 1.29 is 9.90 Å². The Morgan fingerprint density at radius 2 is 1.67 bits per heavy atom. The molecule has 0 bridgehead atoms. The predicted octanol–water partition coefficient (Wildman–Crippen LogP) is 4.44. The third-order valence-electron chi connectivity index (χ3n) is 2.42. The zero-order valence-corrected chi connectivity index (χ0v) is 11.9. The maximum Gasteiger partial charge on any atom is 0.335 e. The minimum absolute atomic E-state index is 0.326. The topological polar surface area (TPSA) is 37.3 Å². The number of benzene rings is 2. The van der Waals surface area contributed by atoms with E-state index < -0.39 is 5.97 Å². The number of carboxylic acids is 1. The summed E-state index contributed by atoms with van der Waals surface area (Å²) in [5.41, 5.74) is 1.44. The largest absolute Gasteiger partial charge is 0.478 e. The van der Waals surface area contributed by atoms with Crippen LogP contribution in [0.2, 0.25) is 0 Å². The smallest absolute Gasteiger partial charge is 0.335 e. The van der Waals surface area contributed by atoms with Crippen LogP contribution in [0.25, 0.3) is 0 Å². The molecule has 0 aliphatic carbocycles. The van der Waals surface area contributed by atoms with Gasteiger partial charge in [0.2, 0.25) is 0 Å². The molecule has 92 valence electrons. The van der Waals surface area contributed by atoms with Crippen molar-refractivity contribution >= 4 is 33.7 Å². The number of hydrogen-bond acceptors (Lipinski definition) is 2. The van der Waals surface area contributed by atoms with E-state index in [1.54, 1.807) is 23.9 Å². The summed E-state index contributed by atoms with van der Waals surface area (Å²) in [6, 6.07) is 15.1. The third kappa shape index (κ3) is 3.62. The minimum Gasteiger partial charge on any atom is -0.478 e. The van der Waals surface area contributed by atoms with E-state index in [0.717, 1.165) is 15.8 Å². The molecule has 0 aliphatic rings. The minimum atomic E-state index is -0.887. The van der Waals surface area contributed by atoms with Gasteiger partial charge in [-0.25, -0.2) is 4.79 Å². The summed E-state index contributed by atoms with van der Waals surface area (Å²) in [6.45, 7) is 0. The maximum absolute atomic E-state index is 10.7. The molecule has 0 radical (unpaired) electrons. The first kappa shape index (κ1) is 13.2. The molecule has 0 unspecified atom stereocenters. The van der Waals surface area contributed by atoms with Gasteiger partial charge in [-0.15, -0.1) is 11.8 Å². The highest BCUT2D eigenvalue weighted by atomic mass is 79.9. The SMILES string of the molecule is O=C(O)c1ccc(CSc2ccc(Br)cc2)cc1. The number of halogens is 1. The van der Waals surface area contributed by atoms with Gasteiger partial charge in [-0.05, 0) is 42.0 Å². The molecule has 0 spiro atoms. The van der Waals surface area contributed by atoms with Gasteiger partial charge in [0.25, 0.3) is 0 Å². The Bertz CT molecular complexity index is 535. The monoisotopic (exact) mass is 322 g/mol. The van der Waals surface area contributed by atoms with E-state index in [4.69, 9.17) is 5.11 Å². The third-order valence-corrected chi connectivity index (χ3v) is 4.03. The molecule has 0 amide bonds. The fraction of sp³-hybridized carbons (Fsp3) is 0.0714. The molecule has 0 fully saturated rings. The van der Waals surface area contributed by atoms with Crippen LogP contribution < -0.4 is 0 Å². The normalized spacial score (nSPS) is 10.3. The summed E-state index contributed by atoms with van der Waals surface area (Å²) in [7, 11) is 0. The van der Waals surface area contributed by atoms with Crippen molar-refractivity contribution in [3.63, 3.8) is 0 Å². The molecule has 0 saturated heterocycles. The van der Waals surface area contributed by atoms with Crippen molar-refractivity contribution in [3.8, 4) is 0 Å². The Kier molecular flexibility index (Phi) is 4.44. The van der Waals surface area contributed by atoms with Crippen molar-refractivity contribution in [3.05, 3.63) is 64.1 Å². The van der Waals surface area contributed by atoms with Crippen LogP contribution in [0.5, 0.6) is 0 Å². The highest BCUT2D eigenvalue weighted by Crippen LogP contribution is 2.24. The number of aromatic carboxylic acids is 1. The molecule has 2 rings (SSSR count). The second-order valence-electron chi connectivity index (χ2n) is 3.74. The summed E-state index contributed by atoms with van der Waals surface area (Å²) >= 11 is 5.13. The quantitative estimate of drug-likeness (QED) is 0.845. The maximum atomic E-state index is 10.7. The number of carboxylic acid groups (broad SMARTS) is 1. The Labute approximate surface area is 118 Å². The van der Waals surface area contributed by atoms with Crippen LogP contribution in [0.1, 0.15) is 15.9 Å². The molecule has 2 aromatic rings. The van der Waals surface area contributed by atoms with Crippen molar-refractivity contribution in [1.82, 2.24) is 0 Å². The van der Waals surface area contributed by atoms with E-state index in [1.165, 1.54) is 4.90 Å². The molecule has 4 heteroatoms. The first-order valence-corrected chi connectivity index (χ1v) is 7.13. The Morgan fingerprint density at radius 3 is 2.22 bits per heavy atom. The Hall–Kier alpha value is -1.26. The second kappa shape index (κ2) is 6.07. The fourth-order valence-electron chi connectivity index (χ4n) is 1.44. The van der Waals surface area contributed by atoms with Crippen LogP contribution in [-0.4, -0.2) is 11.1 Å². The Morgan fingerprint density at radius 1 is 1.06 bits per heavy atom. The summed E-state index contributed by atoms with van der Waals surface area (Å²) in [5, 5.41) is 8.80. The van der Waals surface area contributed by atoms with Crippen molar-refractivity contribution in [2.45, 2.75) is 10.6 Å². The van der Waals surface area contributed by atoms with Crippen LogP contribution >= 0.6 is 27.7 Å². The molecule has 1 N–H and O–H groups in total. The van der Waals surface area contributed by atoms with Gasteiger partial charge in [0.1, 0.15) is 0 Å². The van der Waals surface area contributed by atoms with Gasteiger partial charge < -0.3 is 5.11 Å². The lowest BCUT2D eigenvalue weighted by molar-refractivity contribution is 0.0697. The van der Waals surface area contributed by atoms with Crippen LogP contribution in [0, 0.1) is 0 Å². The molecular formula is C14H11BrO2S. The van der Waals surface area contributed by atoms with Crippen LogP contribution in [0.3, 0.4) is 0 Å². The lowest BCUT2D eigenvalue weighted by Gasteiger charge is -2.03. The zero-order chi connectivity index (χ0) is 13.0. The lowest BCUT2D eigenvalue weighted by atomic mass is 10.1. The van der Waals surface area contributed by atoms with E-state index in [0.29, 0.717) is 5.56 Å². The highest BCUT2D eigenvalue weighted by Gasteiger charge is 2.02. The Balaban J connectivity index is 1.97. The molecule has 0 saturated carbocycles. The lowest BCUT2D eigenvalue weighted by Crippen LogP contribution is -1.95. The first-order chi connectivity index (χ1) is 8.65. The van der Waals surface area contributed by atoms with E-state index in [1.807, 2.05) is 24.3 Å². The van der Waals surface area contributed by atoms with Gasteiger partial charge in [-0.2, -0.15) is 0 Å². The van der Waals surface area contributed by atoms with Crippen LogP contribution in [-0.2, 0) is 5.75 Å². The van der Waals surface area contributed by atoms with Gasteiger partial charge in [-0.1, -0.05) is 28.1 Å². The zero-order valence-electron chi connectivity index (χ0n) is 9.47. The first-order valence-electron chi connectivity index (χ1n) is 5.36. The molecule has 0 heterocycles. The second-order valence-corrected chi connectivity index (χ2v) is 5.71. The van der Waals surface area contributed by atoms with E-state index >= 15 is 0 Å². The van der Waals surface area contributed by atoms with Gasteiger partial charge in [0.15, 0.2) is 0 Å². The number of rotatable bonds is 4. The molecule has 0 atom stereocenters. The van der Waals surface area contributed by atoms with E-state index in [-0.39, 0.29) is 0 Å². The molecular weight excluding hydrogens is 312 g/mol. The van der Waals surface area contributed by atoms with Gasteiger partial charge in [-0.3, -0.25) is 0 Å². The van der Waals surface area contributed by atoms with Crippen molar-refractivity contribution in [2.75, 3.05) is 0 Å². The van der Waals surface area contributed by atoms with E-state index in [2.05, 4.69) is 28.1 Å². The summed E-state index contributed by atoms with van der Waals surface area (Å²) in [4.78, 5) is 11.9. The number of carbonyl (C=O) groups is 1. The highest BCUT2D eigenvalue weighted by molar-refractivity contribution is 9.10. The average molecular weight is 323 g/mol. The number of hydrogen-bond donors (Lipinski definition) is 1. The van der Waals surface area contributed by atoms with Crippen molar-refractivity contribution in [2.24, 2.45) is 0 Å². The standard InChI is InChI=1S/C14H11BrO2S/c15-12-5-7-13(8-6-12)18-9-10-1-3-11(4-2-10)14(16)17/h1-8H,9H2,(H,16,17). The van der Waals surface area contributed by atoms with Gasteiger partial charge in [0.05, 0.1) is 5.56 Å². The van der Waals surface area contributed by atoms with Gasteiger partial charge in [0, 0.05) is 15.1 Å². The summed E-state index contributed by atoms with van der Waals surface area (Å²) in [6.07, 6.45) is 0. The summed E-state index contributed by atoms with van der Waals surface area (Å²) in [5.74, 6) is -0.0521. The molecule has 2 nitrogen and oxygen atoms in total. The fourth-order valence-corrected chi connectivity index (χ4v) is 2.56. The van der Waals surface area contributed by atoms with Crippen LogP contribution in [0.15, 0.2) is 57.9 Å². The molecule has 18 heavy (non-hydrogen) atoms. The van der Waals surface area contributed by atoms with Gasteiger partial charge >= 0.3 is 5.97 Å².